The molecule has 1 aliphatic heterocycles. The molecule has 20 heavy (non-hydrogen) atoms. The van der Waals surface area contributed by atoms with Gasteiger partial charge in [0.15, 0.2) is 0 Å². The summed E-state index contributed by atoms with van der Waals surface area (Å²) in [6.07, 6.45) is 6.04. The SMILES string of the molecule is CCCOc1cccc(CC2(CC(C)C)CCCN2)c1. The third kappa shape index (κ3) is 4.24. The van der Waals surface area contributed by atoms with Gasteiger partial charge in [0.2, 0.25) is 0 Å². The first-order valence-corrected chi connectivity index (χ1v) is 8.10. The van der Waals surface area contributed by atoms with Crippen LogP contribution in [0.5, 0.6) is 5.75 Å². The molecule has 0 radical (unpaired) electrons. The van der Waals surface area contributed by atoms with Gasteiger partial charge in [-0.1, -0.05) is 32.9 Å². The van der Waals surface area contributed by atoms with Crippen LogP contribution in [0.1, 0.15) is 52.0 Å². The van der Waals surface area contributed by atoms with Crippen LogP contribution in [0.4, 0.5) is 0 Å². The molecule has 0 amide bonds. The van der Waals surface area contributed by atoms with Crippen LogP contribution in [0, 0.1) is 5.92 Å². The summed E-state index contributed by atoms with van der Waals surface area (Å²) < 4.78 is 5.75. The van der Waals surface area contributed by atoms with E-state index >= 15 is 0 Å². The topological polar surface area (TPSA) is 21.3 Å². The summed E-state index contributed by atoms with van der Waals surface area (Å²) >= 11 is 0. The minimum Gasteiger partial charge on any atom is -0.494 e. The Balaban J connectivity index is 2.06. The molecule has 0 aromatic heterocycles. The summed E-state index contributed by atoms with van der Waals surface area (Å²) in [5, 5.41) is 3.77. The molecule has 1 unspecified atom stereocenters. The van der Waals surface area contributed by atoms with Crippen LogP contribution in [0.2, 0.25) is 0 Å². The zero-order valence-electron chi connectivity index (χ0n) is 13.2. The largest absolute Gasteiger partial charge is 0.494 e. The van der Waals surface area contributed by atoms with Gasteiger partial charge in [-0.2, -0.15) is 0 Å². The number of ether oxygens (including phenoxy) is 1. The molecular formula is C18H29NO. The second-order valence-electron chi connectivity index (χ2n) is 6.58. The fourth-order valence-electron chi connectivity index (χ4n) is 3.40. The van der Waals surface area contributed by atoms with Crippen LogP contribution < -0.4 is 10.1 Å². The van der Waals surface area contributed by atoms with Gasteiger partial charge < -0.3 is 10.1 Å². The Hall–Kier alpha value is -1.02. The Morgan fingerprint density at radius 3 is 2.85 bits per heavy atom. The van der Waals surface area contributed by atoms with E-state index in [0.29, 0.717) is 5.54 Å². The van der Waals surface area contributed by atoms with E-state index < -0.39 is 0 Å². The first kappa shape index (κ1) is 15.4. The van der Waals surface area contributed by atoms with Crippen LogP contribution in [0.3, 0.4) is 0 Å². The molecule has 2 heteroatoms. The van der Waals surface area contributed by atoms with Crippen LogP contribution in [0.25, 0.3) is 0 Å². The molecular weight excluding hydrogens is 246 g/mol. The van der Waals surface area contributed by atoms with Crippen molar-refractivity contribution in [3.63, 3.8) is 0 Å². The van der Waals surface area contributed by atoms with Crippen LogP contribution >= 0.6 is 0 Å². The van der Waals surface area contributed by atoms with Crippen molar-refractivity contribution >= 4 is 0 Å². The Bertz CT molecular complexity index is 408. The average molecular weight is 275 g/mol. The number of hydrogen-bond donors (Lipinski definition) is 1. The predicted octanol–water partition coefficient (Wildman–Crippen LogP) is 4.19. The first-order valence-electron chi connectivity index (χ1n) is 8.10. The van der Waals surface area contributed by atoms with Crippen molar-refractivity contribution in [2.45, 2.75) is 58.4 Å². The second-order valence-corrected chi connectivity index (χ2v) is 6.58. The maximum Gasteiger partial charge on any atom is 0.119 e. The van der Waals surface area contributed by atoms with E-state index in [-0.39, 0.29) is 0 Å². The van der Waals surface area contributed by atoms with Crippen molar-refractivity contribution in [3.05, 3.63) is 29.8 Å². The van der Waals surface area contributed by atoms with E-state index in [4.69, 9.17) is 4.74 Å². The van der Waals surface area contributed by atoms with Crippen molar-refractivity contribution in [2.24, 2.45) is 5.92 Å². The van der Waals surface area contributed by atoms with Crippen LogP contribution in [-0.2, 0) is 6.42 Å². The van der Waals surface area contributed by atoms with Crippen molar-refractivity contribution in [3.8, 4) is 5.75 Å². The predicted molar refractivity (Wildman–Crippen MR) is 85.4 cm³/mol. The lowest BCUT2D eigenvalue weighted by atomic mass is 9.82. The normalized spacial score (nSPS) is 22.4. The van der Waals surface area contributed by atoms with Gasteiger partial charge in [0.05, 0.1) is 6.61 Å². The van der Waals surface area contributed by atoms with E-state index in [1.807, 2.05) is 0 Å². The highest BCUT2D eigenvalue weighted by atomic mass is 16.5. The maximum absolute atomic E-state index is 5.75. The summed E-state index contributed by atoms with van der Waals surface area (Å²) in [7, 11) is 0. The van der Waals surface area contributed by atoms with E-state index in [1.54, 1.807) is 0 Å². The van der Waals surface area contributed by atoms with Crippen molar-refractivity contribution in [1.29, 1.82) is 0 Å². The fraction of sp³-hybridized carbons (Fsp3) is 0.667. The van der Waals surface area contributed by atoms with Gasteiger partial charge in [-0.3, -0.25) is 0 Å². The molecule has 1 N–H and O–H groups in total. The molecule has 1 aromatic carbocycles. The molecule has 2 rings (SSSR count). The highest BCUT2D eigenvalue weighted by Crippen LogP contribution is 2.31. The van der Waals surface area contributed by atoms with E-state index in [9.17, 15) is 0 Å². The molecule has 1 atom stereocenters. The minimum atomic E-state index is 0.303. The molecule has 1 saturated heterocycles. The van der Waals surface area contributed by atoms with Crippen LogP contribution in [-0.4, -0.2) is 18.7 Å². The lowest BCUT2D eigenvalue weighted by Crippen LogP contribution is -2.43. The number of rotatable bonds is 7. The Morgan fingerprint density at radius 1 is 1.35 bits per heavy atom. The van der Waals surface area contributed by atoms with Crippen molar-refractivity contribution in [1.82, 2.24) is 5.32 Å². The van der Waals surface area contributed by atoms with E-state index in [0.717, 1.165) is 31.1 Å². The summed E-state index contributed by atoms with van der Waals surface area (Å²) in [5.41, 5.74) is 1.70. The molecule has 0 aliphatic carbocycles. The average Bonchev–Trinajstić information content (AvgIpc) is 2.84. The smallest absolute Gasteiger partial charge is 0.119 e. The molecule has 1 heterocycles. The van der Waals surface area contributed by atoms with Gasteiger partial charge in [0, 0.05) is 5.54 Å². The lowest BCUT2D eigenvalue weighted by molar-refractivity contribution is 0.299. The lowest BCUT2D eigenvalue weighted by Gasteiger charge is -2.32. The van der Waals surface area contributed by atoms with Crippen molar-refractivity contribution < 1.29 is 4.74 Å². The van der Waals surface area contributed by atoms with E-state index in [2.05, 4.69) is 50.4 Å². The highest BCUT2D eigenvalue weighted by molar-refractivity contribution is 5.30. The number of benzene rings is 1. The minimum absolute atomic E-state index is 0.303. The molecule has 1 aliphatic rings. The Labute approximate surface area is 123 Å². The number of nitrogens with one attached hydrogen (secondary N) is 1. The van der Waals surface area contributed by atoms with Gasteiger partial charge in [0.25, 0.3) is 0 Å². The Morgan fingerprint density at radius 2 is 2.20 bits per heavy atom. The molecule has 2 nitrogen and oxygen atoms in total. The maximum atomic E-state index is 5.75. The summed E-state index contributed by atoms with van der Waals surface area (Å²) in [5.74, 6) is 1.75. The molecule has 112 valence electrons. The standard InChI is InChI=1S/C18H29NO/c1-4-11-20-17-8-5-7-16(12-17)14-18(13-15(2)3)9-6-10-19-18/h5,7-8,12,15,19H,4,6,9-11,13-14H2,1-3H3. The molecule has 1 fully saturated rings. The quantitative estimate of drug-likeness (QED) is 0.806. The van der Waals surface area contributed by atoms with Gasteiger partial charge >= 0.3 is 0 Å². The summed E-state index contributed by atoms with van der Waals surface area (Å²) in [4.78, 5) is 0. The summed E-state index contributed by atoms with van der Waals surface area (Å²) in [6, 6.07) is 8.65. The zero-order valence-corrected chi connectivity index (χ0v) is 13.2. The monoisotopic (exact) mass is 275 g/mol. The van der Waals surface area contributed by atoms with Crippen LogP contribution in [0.15, 0.2) is 24.3 Å². The highest BCUT2D eigenvalue weighted by Gasteiger charge is 2.33. The Kier molecular flexibility index (Phi) is 5.47. The third-order valence-electron chi connectivity index (χ3n) is 4.04. The molecule has 1 aromatic rings. The second kappa shape index (κ2) is 7.12. The van der Waals surface area contributed by atoms with Gasteiger partial charge in [-0.25, -0.2) is 0 Å². The molecule has 0 saturated carbocycles. The fourth-order valence-corrected chi connectivity index (χ4v) is 3.40. The number of hydrogen-bond acceptors (Lipinski definition) is 2. The van der Waals surface area contributed by atoms with E-state index in [1.165, 1.54) is 31.4 Å². The molecule has 0 bridgehead atoms. The third-order valence-corrected chi connectivity index (χ3v) is 4.04. The van der Waals surface area contributed by atoms with Gasteiger partial charge in [-0.15, -0.1) is 0 Å². The zero-order chi connectivity index (χ0) is 14.4. The van der Waals surface area contributed by atoms with Crippen molar-refractivity contribution in [2.75, 3.05) is 13.2 Å². The van der Waals surface area contributed by atoms with Gasteiger partial charge in [-0.05, 0) is 62.3 Å². The van der Waals surface area contributed by atoms with Gasteiger partial charge in [0.1, 0.15) is 5.75 Å². The summed E-state index contributed by atoms with van der Waals surface area (Å²) in [6.45, 7) is 8.76. The molecule has 0 spiro atoms. The first-order chi connectivity index (χ1) is 9.63.